The Hall–Kier alpha value is -1.10. The summed E-state index contributed by atoms with van der Waals surface area (Å²) in [6.07, 6.45) is 1.03. The van der Waals surface area contributed by atoms with Gasteiger partial charge in [0.05, 0.1) is 33.0 Å². The molecule has 0 spiro atoms. The first kappa shape index (κ1) is 15.0. The highest BCUT2D eigenvalue weighted by atomic mass is 16.5. The lowest BCUT2D eigenvalue weighted by molar-refractivity contribution is 0.0428. The summed E-state index contributed by atoms with van der Waals surface area (Å²) in [6.45, 7) is 4.56. The fraction of sp³-hybridized carbons (Fsp3) is 0.571. The number of ether oxygens (including phenoxy) is 3. The lowest BCUT2D eigenvalue weighted by Crippen LogP contribution is -2.18. The minimum absolute atomic E-state index is 0.133. The van der Waals surface area contributed by atoms with Gasteiger partial charge < -0.3 is 19.9 Å². The molecule has 2 N–H and O–H groups in total. The molecule has 4 heteroatoms. The van der Waals surface area contributed by atoms with Crippen LogP contribution >= 0.6 is 0 Å². The molecular weight excluding hydrogens is 230 g/mol. The van der Waals surface area contributed by atoms with Gasteiger partial charge in [0.1, 0.15) is 5.75 Å². The van der Waals surface area contributed by atoms with Crippen molar-refractivity contribution >= 4 is 0 Å². The van der Waals surface area contributed by atoms with E-state index >= 15 is 0 Å². The van der Waals surface area contributed by atoms with Crippen LogP contribution in [0.15, 0.2) is 24.3 Å². The molecule has 1 rings (SSSR count). The number of benzene rings is 1. The molecular formula is C14H23NO3. The van der Waals surface area contributed by atoms with Crippen molar-refractivity contribution in [2.24, 2.45) is 5.73 Å². The van der Waals surface area contributed by atoms with E-state index in [4.69, 9.17) is 19.9 Å². The van der Waals surface area contributed by atoms with Crippen molar-refractivity contribution in [3.8, 4) is 5.75 Å². The smallest absolute Gasteiger partial charge is 0.119 e. The number of hydrogen-bond acceptors (Lipinski definition) is 4. The molecule has 1 unspecified atom stereocenters. The fourth-order valence-electron chi connectivity index (χ4n) is 1.54. The van der Waals surface area contributed by atoms with Crippen LogP contribution in [-0.4, -0.2) is 33.5 Å². The van der Waals surface area contributed by atoms with Gasteiger partial charge in [0.15, 0.2) is 0 Å². The Kier molecular flexibility index (Phi) is 7.41. The number of nitrogens with two attached hydrogens (primary N) is 1. The van der Waals surface area contributed by atoms with Gasteiger partial charge in [-0.25, -0.2) is 0 Å². The lowest BCUT2D eigenvalue weighted by Gasteiger charge is -2.13. The summed E-state index contributed by atoms with van der Waals surface area (Å²) in [5.41, 5.74) is 7.06. The molecule has 0 radical (unpaired) electrons. The number of methoxy groups -OCH3 is 1. The average Bonchev–Trinajstić information content (AvgIpc) is 2.42. The second-order valence-electron chi connectivity index (χ2n) is 4.07. The zero-order valence-electron chi connectivity index (χ0n) is 11.2. The summed E-state index contributed by atoms with van der Waals surface area (Å²) in [6, 6.07) is 7.60. The molecule has 0 amide bonds. The van der Waals surface area contributed by atoms with Crippen LogP contribution in [0, 0.1) is 0 Å². The summed E-state index contributed by atoms with van der Waals surface area (Å²) in [4.78, 5) is 0. The Bertz CT molecular complexity index is 331. The summed E-state index contributed by atoms with van der Waals surface area (Å²) < 4.78 is 16.0. The van der Waals surface area contributed by atoms with Crippen LogP contribution in [0.4, 0.5) is 0 Å². The molecule has 0 aliphatic rings. The van der Waals surface area contributed by atoms with Crippen molar-refractivity contribution in [3.63, 3.8) is 0 Å². The van der Waals surface area contributed by atoms with Gasteiger partial charge in [-0.05, 0) is 24.1 Å². The summed E-state index contributed by atoms with van der Waals surface area (Å²) in [5, 5.41) is 0. The number of rotatable bonds is 9. The van der Waals surface area contributed by atoms with E-state index in [0.29, 0.717) is 19.8 Å². The maximum Gasteiger partial charge on any atom is 0.119 e. The van der Waals surface area contributed by atoms with Crippen molar-refractivity contribution in [1.82, 2.24) is 0 Å². The van der Waals surface area contributed by atoms with E-state index in [2.05, 4.69) is 6.92 Å². The molecule has 1 atom stereocenters. The first-order valence-electron chi connectivity index (χ1n) is 6.33. The molecule has 0 heterocycles. The monoisotopic (exact) mass is 253 g/mol. The summed E-state index contributed by atoms with van der Waals surface area (Å²) >= 11 is 0. The lowest BCUT2D eigenvalue weighted by atomic mass is 10.1. The van der Waals surface area contributed by atoms with Gasteiger partial charge in [0, 0.05) is 6.61 Å². The highest BCUT2D eigenvalue weighted by molar-refractivity contribution is 5.30. The van der Waals surface area contributed by atoms with E-state index in [9.17, 15) is 0 Å². The first-order valence-corrected chi connectivity index (χ1v) is 6.33. The quantitative estimate of drug-likeness (QED) is 0.685. The van der Waals surface area contributed by atoms with Gasteiger partial charge >= 0.3 is 0 Å². The van der Waals surface area contributed by atoms with Crippen LogP contribution in [0.1, 0.15) is 24.9 Å². The minimum Gasteiger partial charge on any atom is -0.497 e. The second kappa shape index (κ2) is 8.91. The van der Waals surface area contributed by atoms with E-state index in [-0.39, 0.29) is 6.04 Å². The zero-order valence-corrected chi connectivity index (χ0v) is 11.2. The molecule has 18 heavy (non-hydrogen) atoms. The van der Waals surface area contributed by atoms with Crippen LogP contribution in [0.3, 0.4) is 0 Å². The Morgan fingerprint density at radius 2 is 1.94 bits per heavy atom. The van der Waals surface area contributed by atoms with E-state index in [1.165, 1.54) is 0 Å². The molecule has 0 fully saturated rings. The molecule has 0 aromatic heterocycles. The van der Waals surface area contributed by atoms with E-state index in [0.717, 1.165) is 24.3 Å². The van der Waals surface area contributed by atoms with Crippen molar-refractivity contribution in [1.29, 1.82) is 0 Å². The third-order valence-electron chi connectivity index (χ3n) is 2.54. The largest absolute Gasteiger partial charge is 0.497 e. The molecule has 0 bridgehead atoms. The van der Waals surface area contributed by atoms with Gasteiger partial charge in [0.25, 0.3) is 0 Å². The van der Waals surface area contributed by atoms with Crippen molar-refractivity contribution in [2.75, 3.05) is 33.5 Å². The van der Waals surface area contributed by atoms with Crippen LogP contribution in [0.2, 0.25) is 0 Å². The van der Waals surface area contributed by atoms with Crippen molar-refractivity contribution in [3.05, 3.63) is 29.8 Å². The van der Waals surface area contributed by atoms with Gasteiger partial charge in [-0.15, -0.1) is 0 Å². The molecule has 0 saturated heterocycles. The Morgan fingerprint density at radius 1 is 1.17 bits per heavy atom. The van der Waals surface area contributed by atoms with Gasteiger partial charge in [-0.2, -0.15) is 0 Å². The highest BCUT2D eigenvalue weighted by Gasteiger charge is 2.06. The molecule has 1 aromatic rings. The van der Waals surface area contributed by atoms with Crippen LogP contribution in [0.25, 0.3) is 0 Å². The summed E-state index contributed by atoms with van der Waals surface area (Å²) in [5.74, 6) is 0.814. The standard InChI is InChI=1S/C14H23NO3/c1-3-7-17-8-9-18-11-14(15)12-5-4-6-13(10-12)16-2/h4-6,10,14H,3,7-9,11,15H2,1-2H3. The fourth-order valence-corrected chi connectivity index (χ4v) is 1.54. The Labute approximate surface area is 109 Å². The molecule has 0 aliphatic carbocycles. The maximum absolute atomic E-state index is 6.04. The zero-order chi connectivity index (χ0) is 13.2. The van der Waals surface area contributed by atoms with Crippen LogP contribution in [-0.2, 0) is 9.47 Å². The molecule has 4 nitrogen and oxygen atoms in total. The molecule has 1 aromatic carbocycles. The van der Waals surface area contributed by atoms with Gasteiger partial charge in [-0.1, -0.05) is 19.1 Å². The maximum atomic E-state index is 6.04. The topological polar surface area (TPSA) is 53.7 Å². The first-order chi connectivity index (χ1) is 8.77. The van der Waals surface area contributed by atoms with Crippen molar-refractivity contribution in [2.45, 2.75) is 19.4 Å². The average molecular weight is 253 g/mol. The van der Waals surface area contributed by atoms with Crippen LogP contribution in [0.5, 0.6) is 5.75 Å². The predicted molar refractivity (Wildman–Crippen MR) is 71.9 cm³/mol. The highest BCUT2D eigenvalue weighted by Crippen LogP contribution is 2.17. The van der Waals surface area contributed by atoms with Gasteiger partial charge in [0.2, 0.25) is 0 Å². The third-order valence-corrected chi connectivity index (χ3v) is 2.54. The van der Waals surface area contributed by atoms with Crippen molar-refractivity contribution < 1.29 is 14.2 Å². The van der Waals surface area contributed by atoms with Crippen LogP contribution < -0.4 is 10.5 Å². The summed E-state index contributed by atoms with van der Waals surface area (Å²) in [7, 11) is 1.65. The van der Waals surface area contributed by atoms with E-state index in [1.807, 2.05) is 24.3 Å². The minimum atomic E-state index is -0.133. The van der Waals surface area contributed by atoms with E-state index < -0.39 is 0 Å². The normalized spacial score (nSPS) is 12.4. The third kappa shape index (κ3) is 5.49. The second-order valence-corrected chi connectivity index (χ2v) is 4.07. The number of hydrogen-bond donors (Lipinski definition) is 1. The van der Waals surface area contributed by atoms with E-state index in [1.54, 1.807) is 7.11 Å². The van der Waals surface area contributed by atoms with Gasteiger partial charge in [-0.3, -0.25) is 0 Å². The molecule has 0 saturated carbocycles. The SMILES string of the molecule is CCCOCCOCC(N)c1cccc(OC)c1. The molecule has 102 valence electrons. The Balaban J connectivity index is 2.25. The predicted octanol–water partition coefficient (Wildman–Crippen LogP) is 2.14. The molecule has 0 aliphatic heterocycles. The Morgan fingerprint density at radius 3 is 2.67 bits per heavy atom.